The van der Waals surface area contributed by atoms with Crippen LogP contribution in [0.25, 0.3) is 0 Å². The van der Waals surface area contributed by atoms with Crippen LogP contribution in [0, 0.1) is 6.92 Å². The Bertz CT molecular complexity index is 985. The lowest BCUT2D eigenvalue weighted by molar-refractivity contribution is 0.0688. The van der Waals surface area contributed by atoms with Gasteiger partial charge in [-0.25, -0.2) is 8.42 Å². The zero-order chi connectivity index (χ0) is 20.3. The highest BCUT2D eigenvalue weighted by Gasteiger charge is 2.43. The normalized spacial score (nSPS) is 20.0. The third-order valence-corrected chi connectivity index (χ3v) is 7.24. The van der Waals surface area contributed by atoms with Gasteiger partial charge in [-0.15, -0.1) is 0 Å². The van der Waals surface area contributed by atoms with Crippen LogP contribution in [0.3, 0.4) is 0 Å². The lowest BCUT2D eigenvalue weighted by Gasteiger charge is -2.27. The largest absolute Gasteiger partial charge is 0.360 e. The van der Waals surface area contributed by atoms with Crippen molar-refractivity contribution >= 4 is 10.0 Å². The van der Waals surface area contributed by atoms with Gasteiger partial charge < -0.3 is 4.74 Å². The van der Waals surface area contributed by atoms with E-state index in [0.29, 0.717) is 24.3 Å². The zero-order valence-corrected chi connectivity index (χ0v) is 17.3. The summed E-state index contributed by atoms with van der Waals surface area (Å²) >= 11 is 0. The summed E-state index contributed by atoms with van der Waals surface area (Å²) in [7, 11) is -3.69. The second-order valence-electron chi connectivity index (χ2n) is 7.47. The molecule has 2 atom stereocenters. The Morgan fingerprint density at radius 1 is 0.828 bits per heavy atom. The average molecular weight is 408 g/mol. The lowest BCUT2D eigenvalue weighted by Crippen LogP contribution is -2.43. The summed E-state index contributed by atoms with van der Waals surface area (Å²) in [5.74, 6) is 0. The predicted molar refractivity (Wildman–Crippen MR) is 114 cm³/mol. The van der Waals surface area contributed by atoms with Gasteiger partial charge in [0.15, 0.2) is 0 Å². The van der Waals surface area contributed by atoms with Gasteiger partial charge in [-0.2, -0.15) is 4.31 Å². The molecule has 0 radical (unpaired) electrons. The molecule has 3 aromatic carbocycles. The molecular formula is C24H25NO3S. The molecule has 0 bridgehead atoms. The molecule has 0 N–H and O–H groups in total. The van der Waals surface area contributed by atoms with E-state index in [2.05, 4.69) is 0 Å². The van der Waals surface area contributed by atoms with Crippen LogP contribution in [0.4, 0.5) is 0 Å². The molecule has 1 fully saturated rings. The minimum absolute atomic E-state index is 0.239. The molecular weight excluding hydrogens is 382 g/mol. The van der Waals surface area contributed by atoms with Crippen molar-refractivity contribution in [2.24, 2.45) is 0 Å². The van der Waals surface area contributed by atoms with Crippen LogP contribution in [-0.4, -0.2) is 31.6 Å². The predicted octanol–water partition coefficient (Wildman–Crippen LogP) is 4.20. The first-order chi connectivity index (χ1) is 14.0. The maximum absolute atomic E-state index is 13.6. The number of rotatable bonds is 6. The third-order valence-electron chi connectivity index (χ3n) is 5.29. The van der Waals surface area contributed by atoms with Gasteiger partial charge in [-0.3, -0.25) is 0 Å². The second-order valence-corrected chi connectivity index (χ2v) is 9.31. The third kappa shape index (κ3) is 4.42. The number of hydrogen-bond donors (Lipinski definition) is 0. The summed E-state index contributed by atoms with van der Waals surface area (Å²) in [5.41, 5.74) is 3.19. The Morgan fingerprint density at radius 2 is 1.38 bits per heavy atom. The van der Waals surface area contributed by atoms with Gasteiger partial charge in [-0.05, 0) is 36.6 Å². The molecule has 5 heteroatoms. The van der Waals surface area contributed by atoms with Gasteiger partial charge in [0.2, 0.25) is 10.0 Å². The number of ether oxygens (including phenoxy) is 1. The van der Waals surface area contributed by atoms with Crippen LogP contribution < -0.4 is 0 Å². The molecule has 0 saturated carbocycles. The number of nitrogens with zero attached hydrogens (tertiary/aromatic N) is 1. The summed E-state index contributed by atoms with van der Waals surface area (Å²) in [6, 6.07) is 26.7. The Balaban J connectivity index is 1.67. The molecule has 1 heterocycles. The summed E-state index contributed by atoms with van der Waals surface area (Å²) in [6.07, 6.45) is 0.631. The zero-order valence-electron chi connectivity index (χ0n) is 16.4. The van der Waals surface area contributed by atoms with E-state index in [1.165, 1.54) is 0 Å². The van der Waals surface area contributed by atoms with Crippen molar-refractivity contribution in [2.75, 3.05) is 6.61 Å². The number of sulfonamides is 1. The fourth-order valence-electron chi connectivity index (χ4n) is 3.79. The SMILES string of the molecule is Cc1ccc(S(=O)(=O)N2[C@@H](Cc3ccccc3)CO[C@H]2Cc2ccccc2)cc1. The Labute approximate surface area is 172 Å². The van der Waals surface area contributed by atoms with E-state index >= 15 is 0 Å². The van der Waals surface area contributed by atoms with Gasteiger partial charge >= 0.3 is 0 Å². The van der Waals surface area contributed by atoms with Crippen molar-refractivity contribution in [3.8, 4) is 0 Å². The van der Waals surface area contributed by atoms with Crippen molar-refractivity contribution in [1.29, 1.82) is 0 Å². The van der Waals surface area contributed by atoms with Gasteiger partial charge in [0.1, 0.15) is 6.23 Å². The Morgan fingerprint density at radius 3 is 1.97 bits per heavy atom. The minimum atomic E-state index is -3.69. The fourth-order valence-corrected chi connectivity index (χ4v) is 5.48. The number of aryl methyl sites for hydroxylation is 1. The van der Waals surface area contributed by atoms with Crippen molar-refractivity contribution in [1.82, 2.24) is 4.31 Å². The van der Waals surface area contributed by atoms with Crippen molar-refractivity contribution in [2.45, 2.75) is 36.9 Å². The monoisotopic (exact) mass is 407 g/mol. The molecule has 3 aromatic rings. The quantitative estimate of drug-likeness (QED) is 0.615. The first-order valence-corrected chi connectivity index (χ1v) is 11.3. The Kier molecular flexibility index (Phi) is 5.81. The van der Waals surface area contributed by atoms with Crippen molar-refractivity contribution in [3.63, 3.8) is 0 Å². The van der Waals surface area contributed by atoms with Crippen LogP contribution in [0.15, 0.2) is 89.8 Å². The standard InChI is InChI=1S/C24H25NO3S/c1-19-12-14-23(15-13-19)29(26,27)25-22(16-20-8-4-2-5-9-20)18-28-24(25)17-21-10-6-3-7-11-21/h2-15,22,24H,16-18H2,1H3/t22-,24-/m0/s1. The van der Waals surface area contributed by atoms with Gasteiger partial charge in [0.25, 0.3) is 0 Å². The molecule has 0 unspecified atom stereocenters. The molecule has 1 saturated heterocycles. The molecule has 0 aromatic heterocycles. The van der Waals surface area contributed by atoms with E-state index in [-0.39, 0.29) is 6.04 Å². The lowest BCUT2D eigenvalue weighted by atomic mass is 10.1. The van der Waals surface area contributed by atoms with Gasteiger partial charge in [0, 0.05) is 6.42 Å². The van der Waals surface area contributed by atoms with Crippen molar-refractivity contribution in [3.05, 3.63) is 102 Å². The van der Waals surface area contributed by atoms with Crippen LogP contribution in [0.2, 0.25) is 0 Å². The molecule has 1 aliphatic rings. The van der Waals surface area contributed by atoms with E-state index < -0.39 is 16.3 Å². The van der Waals surface area contributed by atoms with E-state index in [1.807, 2.05) is 79.7 Å². The van der Waals surface area contributed by atoms with E-state index in [1.54, 1.807) is 16.4 Å². The first kappa shape index (κ1) is 19.8. The van der Waals surface area contributed by atoms with Crippen molar-refractivity contribution < 1.29 is 13.2 Å². The molecule has 150 valence electrons. The average Bonchev–Trinajstić information content (AvgIpc) is 3.12. The summed E-state index contributed by atoms with van der Waals surface area (Å²) < 4.78 is 34.8. The number of hydrogen-bond acceptors (Lipinski definition) is 3. The van der Waals surface area contributed by atoms with Gasteiger partial charge in [-0.1, -0.05) is 78.4 Å². The molecule has 0 spiro atoms. The topological polar surface area (TPSA) is 46.6 Å². The molecule has 0 aliphatic carbocycles. The van der Waals surface area contributed by atoms with Crippen LogP contribution in [0.1, 0.15) is 16.7 Å². The minimum Gasteiger partial charge on any atom is -0.360 e. The fraction of sp³-hybridized carbons (Fsp3) is 0.250. The molecule has 1 aliphatic heterocycles. The highest BCUT2D eigenvalue weighted by atomic mass is 32.2. The highest BCUT2D eigenvalue weighted by Crippen LogP contribution is 2.30. The van der Waals surface area contributed by atoms with Crippen LogP contribution >= 0.6 is 0 Å². The summed E-state index contributed by atoms with van der Waals surface area (Å²) in [6.45, 7) is 2.34. The maximum Gasteiger partial charge on any atom is 0.245 e. The second kappa shape index (κ2) is 8.49. The van der Waals surface area contributed by atoms with E-state index in [4.69, 9.17) is 4.74 Å². The highest BCUT2D eigenvalue weighted by molar-refractivity contribution is 7.89. The van der Waals surface area contributed by atoms with Crippen LogP contribution in [-0.2, 0) is 27.6 Å². The molecule has 29 heavy (non-hydrogen) atoms. The first-order valence-electron chi connectivity index (χ1n) is 9.84. The Hall–Kier alpha value is -2.47. The van der Waals surface area contributed by atoms with Gasteiger partial charge in [0.05, 0.1) is 17.5 Å². The molecule has 4 rings (SSSR count). The maximum atomic E-state index is 13.6. The van der Waals surface area contributed by atoms with E-state index in [9.17, 15) is 8.42 Å². The smallest absolute Gasteiger partial charge is 0.245 e. The number of benzene rings is 3. The van der Waals surface area contributed by atoms with E-state index in [0.717, 1.165) is 16.7 Å². The van der Waals surface area contributed by atoms with Crippen LogP contribution in [0.5, 0.6) is 0 Å². The summed E-state index contributed by atoms with van der Waals surface area (Å²) in [4.78, 5) is 0.310. The summed E-state index contributed by atoms with van der Waals surface area (Å²) in [5, 5.41) is 0. The molecule has 0 amide bonds. The molecule has 4 nitrogen and oxygen atoms in total.